The number of amides is 1. The number of aromatic amines is 1. The maximum atomic E-state index is 13.4. The molecule has 1 fully saturated rings. The topological polar surface area (TPSA) is 74.4 Å². The summed E-state index contributed by atoms with van der Waals surface area (Å²) in [5.41, 5.74) is 5.04. The minimum atomic E-state index is -0.487. The van der Waals surface area contributed by atoms with E-state index in [1.807, 2.05) is 39.1 Å². The van der Waals surface area contributed by atoms with Gasteiger partial charge in [0.2, 0.25) is 5.91 Å². The summed E-state index contributed by atoms with van der Waals surface area (Å²) in [7, 11) is 0. The Kier molecular flexibility index (Phi) is 9.94. The van der Waals surface area contributed by atoms with Crippen LogP contribution in [-0.4, -0.2) is 35.6 Å². The zero-order valence-corrected chi connectivity index (χ0v) is 25.0. The van der Waals surface area contributed by atoms with Gasteiger partial charge in [0.05, 0.1) is 12.5 Å². The number of rotatable bonds is 11. The first-order chi connectivity index (χ1) is 19.1. The summed E-state index contributed by atoms with van der Waals surface area (Å²) < 4.78 is 5.47. The van der Waals surface area contributed by atoms with Crippen molar-refractivity contribution in [3.8, 4) is 0 Å². The van der Waals surface area contributed by atoms with Crippen LogP contribution in [0.4, 0.5) is 5.69 Å². The molecule has 40 heavy (non-hydrogen) atoms. The van der Waals surface area contributed by atoms with Crippen molar-refractivity contribution in [1.82, 2.24) is 10.3 Å². The molecule has 1 aliphatic heterocycles. The van der Waals surface area contributed by atoms with Crippen molar-refractivity contribution in [2.24, 2.45) is 5.92 Å². The van der Waals surface area contributed by atoms with Crippen molar-refractivity contribution in [3.05, 3.63) is 65.4 Å². The first-order valence-corrected chi connectivity index (χ1v) is 15.0. The number of carbonyl (C=O) groups is 2. The molecular weight excluding hydrogens is 498 g/mol. The van der Waals surface area contributed by atoms with Crippen LogP contribution in [0.2, 0.25) is 0 Å². The van der Waals surface area contributed by atoms with Crippen LogP contribution < -0.4 is 10.2 Å². The minimum absolute atomic E-state index is 0.0200. The molecule has 1 aliphatic rings. The maximum Gasteiger partial charge on any atom is 0.306 e. The Bertz CT molecular complexity index is 1280. The van der Waals surface area contributed by atoms with Crippen molar-refractivity contribution in [3.63, 3.8) is 0 Å². The van der Waals surface area contributed by atoms with Crippen molar-refractivity contribution >= 4 is 28.5 Å². The van der Waals surface area contributed by atoms with Crippen LogP contribution in [0.15, 0.2) is 48.7 Å². The van der Waals surface area contributed by atoms with Gasteiger partial charge >= 0.3 is 5.97 Å². The number of anilines is 1. The molecule has 0 bridgehead atoms. The smallest absolute Gasteiger partial charge is 0.306 e. The van der Waals surface area contributed by atoms with Gasteiger partial charge in [-0.15, -0.1) is 0 Å². The first-order valence-electron chi connectivity index (χ1n) is 15.0. The molecule has 2 aromatic carbocycles. The van der Waals surface area contributed by atoms with Gasteiger partial charge in [-0.05, 0) is 100 Å². The van der Waals surface area contributed by atoms with E-state index >= 15 is 0 Å². The molecule has 4 rings (SSSR count). The van der Waals surface area contributed by atoms with Crippen LogP contribution in [0.25, 0.3) is 10.9 Å². The average molecular weight is 546 g/mol. The summed E-state index contributed by atoms with van der Waals surface area (Å²) in [4.78, 5) is 31.5. The van der Waals surface area contributed by atoms with E-state index in [2.05, 4.69) is 59.4 Å². The molecule has 1 unspecified atom stereocenters. The van der Waals surface area contributed by atoms with E-state index in [9.17, 15) is 9.59 Å². The fraction of sp³-hybridized carbons (Fsp3) is 0.529. The van der Waals surface area contributed by atoms with Gasteiger partial charge in [0.25, 0.3) is 0 Å². The normalized spacial score (nSPS) is 14.9. The Labute approximate surface area is 239 Å². The van der Waals surface area contributed by atoms with Gasteiger partial charge in [-0.1, -0.05) is 38.1 Å². The predicted octanol–water partition coefficient (Wildman–Crippen LogP) is 7.27. The number of benzene rings is 2. The van der Waals surface area contributed by atoms with Crippen molar-refractivity contribution < 1.29 is 14.3 Å². The SMILES string of the molecule is CC(C)CCC(NC(=O)Cc1ccc2[nH]cc(CCC(=O)OC(C)(C)C)c2c1)c1ccccc1N1CCCCC1. The third-order valence-corrected chi connectivity index (χ3v) is 7.59. The molecule has 0 radical (unpaired) electrons. The highest BCUT2D eigenvalue weighted by Crippen LogP contribution is 2.32. The third kappa shape index (κ3) is 8.36. The summed E-state index contributed by atoms with van der Waals surface area (Å²) in [6.45, 7) is 12.3. The van der Waals surface area contributed by atoms with E-state index < -0.39 is 5.60 Å². The lowest BCUT2D eigenvalue weighted by Gasteiger charge is -2.33. The highest BCUT2D eigenvalue weighted by Gasteiger charge is 2.22. The number of H-pyrrole nitrogens is 1. The predicted molar refractivity (Wildman–Crippen MR) is 164 cm³/mol. The molecule has 2 heterocycles. The number of aryl methyl sites for hydroxylation is 1. The molecule has 0 spiro atoms. The zero-order valence-electron chi connectivity index (χ0n) is 25.0. The highest BCUT2D eigenvalue weighted by atomic mass is 16.6. The number of hydrogen-bond donors (Lipinski definition) is 2. The molecular formula is C34H47N3O3. The Hall–Kier alpha value is -3.28. The summed E-state index contributed by atoms with van der Waals surface area (Å²) in [6, 6.07) is 14.7. The average Bonchev–Trinajstić information content (AvgIpc) is 3.31. The van der Waals surface area contributed by atoms with Gasteiger partial charge in [0.15, 0.2) is 0 Å². The van der Waals surface area contributed by atoms with E-state index in [1.165, 1.54) is 30.5 Å². The van der Waals surface area contributed by atoms with Gasteiger partial charge in [0.1, 0.15) is 5.60 Å². The third-order valence-electron chi connectivity index (χ3n) is 7.59. The number of esters is 1. The van der Waals surface area contributed by atoms with Gasteiger partial charge in [0, 0.05) is 42.3 Å². The van der Waals surface area contributed by atoms with E-state index in [0.717, 1.165) is 48.0 Å². The lowest BCUT2D eigenvalue weighted by Crippen LogP contribution is -2.34. The van der Waals surface area contributed by atoms with Crippen molar-refractivity contribution in [1.29, 1.82) is 0 Å². The summed E-state index contributed by atoms with van der Waals surface area (Å²) in [6.07, 6.45) is 8.89. The maximum absolute atomic E-state index is 13.4. The largest absolute Gasteiger partial charge is 0.460 e. The lowest BCUT2D eigenvalue weighted by molar-refractivity contribution is -0.154. The molecule has 0 saturated carbocycles. The Balaban J connectivity index is 1.47. The van der Waals surface area contributed by atoms with Crippen molar-refractivity contribution in [2.45, 2.75) is 97.6 Å². The second-order valence-corrected chi connectivity index (χ2v) is 12.7. The Morgan fingerprint density at radius 1 is 1.02 bits per heavy atom. The van der Waals surface area contributed by atoms with Gasteiger partial charge < -0.3 is 19.9 Å². The number of fused-ring (bicyclic) bond motifs is 1. The van der Waals surface area contributed by atoms with Crippen LogP contribution in [-0.2, 0) is 27.2 Å². The fourth-order valence-electron chi connectivity index (χ4n) is 5.61. The second kappa shape index (κ2) is 13.4. The highest BCUT2D eigenvalue weighted by molar-refractivity contribution is 5.86. The summed E-state index contributed by atoms with van der Waals surface area (Å²) in [5.74, 6) is 0.402. The molecule has 6 nitrogen and oxygen atoms in total. The van der Waals surface area contributed by atoms with Crippen LogP contribution >= 0.6 is 0 Å². The second-order valence-electron chi connectivity index (χ2n) is 12.7. The number of nitrogens with zero attached hydrogens (tertiary/aromatic N) is 1. The fourth-order valence-corrected chi connectivity index (χ4v) is 5.61. The van der Waals surface area contributed by atoms with Crippen LogP contribution in [0, 0.1) is 5.92 Å². The number of aromatic nitrogens is 1. The number of nitrogens with one attached hydrogen (secondary N) is 2. The Morgan fingerprint density at radius 3 is 2.50 bits per heavy atom. The summed E-state index contributed by atoms with van der Waals surface area (Å²) >= 11 is 0. The van der Waals surface area contributed by atoms with Gasteiger partial charge in [-0.3, -0.25) is 9.59 Å². The van der Waals surface area contributed by atoms with E-state index in [-0.39, 0.29) is 17.9 Å². The zero-order chi connectivity index (χ0) is 28.7. The molecule has 2 N–H and O–H groups in total. The number of para-hydroxylation sites is 1. The number of piperidine rings is 1. The number of hydrogen-bond acceptors (Lipinski definition) is 4. The van der Waals surface area contributed by atoms with Crippen molar-refractivity contribution in [2.75, 3.05) is 18.0 Å². The Morgan fingerprint density at radius 2 is 1.77 bits per heavy atom. The minimum Gasteiger partial charge on any atom is -0.460 e. The molecule has 0 aliphatic carbocycles. The molecule has 1 amide bonds. The van der Waals surface area contributed by atoms with Crippen LogP contribution in [0.1, 0.15) is 95.9 Å². The number of carbonyl (C=O) groups excluding carboxylic acids is 2. The molecule has 1 saturated heterocycles. The quantitative estimate of drug-likeness (QED) is 0.249. The molecule has 6 heteroatoms. The molecule has 1 atom stereocenters. The summed E-state index contributed by atoms with van der Waals surface area (Å²) in [5, 5.41) is 4.46. The van der Waals surface area contributed by atoms with E-state index in [0.29, 0.717) is 25.2 Å². The van der Waals surface area contributed by atoms with Crippen LogP contribution in [0.5, 0.6) is 0 Å². The van der Waals surface area contributed by atoms with Gasteiger partial charge in [-0.2, -0.15) is 0 Å². The lowest BCUT2D eigenvalue weighted by atomic mass is 9.94. The monoisotopic (exact) mass is 545 g/mol. The standard InChI is InChI=1S/C34H47N3O3/c1-24(2)13-16-30(27-11-7-8-12-31(27)37-19-9-6-10-20-37)36-32(38)22-25-14-17-29-28(21-25)26(23-35-29)15-18-33(39)40-34(3,4)5/h7-8,11-12,14,17,21,23-24,30,35H,6,9-10,13,15-16,18-20,22H2,1-5H3,(H,36,38). The molecule has 3 aromatic rings. The molecule has 1 aromatic heterocycles. The van der Waals surface area contributed by atoms with Crippen LogP contribution in [0.3, 0.4) is 0 Å². The molecule has 216 valence electrons. The first kappa shape index (κ1) is 29.7. The van der Waals surface area contributed by atoms with Gasteiger partial charge in [-0.25, -0.2) is 0 Å². The van der Waals surface area contributed by atoms with E-state index in [4.69, 9.17) is 4.74 Å². The number of ether oxygens (including phenoxy) is 1. The van der Waals surface area contributed by atoms with E-state index in [1.54, 1.807) is 0 Å².